The summed E-state index contributed by atoms with van der Waals surface area (Å²) in [4.78, 5) is 16.5. The maximum absolute atomic E-state index is 12.6. The molecule has 0 atom stereocenters. The number of aryl methyl sites for hydroxylation is 1. The van der Waals surface area contributed by atoms with Gasteiger partial charge in [0.15, 0.2) is 5.82 Å². The number of halogens is 2. The number of hydrogen-bond acceptors (Lipinski definition) is 4. The minimum Gasteiger partial charge on any atom is -0.352 e. The molecule has 0 aliphatic carbocycles. The van der Waals surface area contributed by atoms with Crippen molar-refractivity contribution in [3.05, 3.63) is 70.2 Å². The number of hydrogen-bond donors (Lipinski definition) is 1. The van der Waals surface area contributed by atoms with Crippen LogP contribution in [0.1, 0.15) is 12.5 Å². The average Bonchev–Trinajstić information content (AvgIpc) is 2.80. The normalized spacial score (nSPS) is 13.9. The van der Waals surface area contributed by atoms with E-state index >= 15 is 0 Å². The van der Waals surface area contributed by atoms with E-state index in [1.165, 1.54) is 5.56 Å². The van der Waals surface area contributed by atoms with Gasteiger partial charge in [0.05, 0.1) is 10.7 Å². The summed E-state index contributed by atoms with van der Waals surface area (Å²) in [7, 11) is 0. The summed E-state index contributed by atoms with van der Waals surface area (Å²) < 4.78 is 0. The van der Waals surface area contributed by atoms with E-state index in [0.29, 0.717) is 41.9 Å². The number of urea groups is 1. The molecule has 160 valence electrons. The first kappa shape index (κ1) is 21.4. The van der Waals surface area contributed by atoms with Gasteiger partial charge in [-0.2, -0.15) is 0 Å². The Labute approximate surface area is 191 Å². The number of carbonyl (C=O) groups is 1. The molecule has 1 N–H and O–H groups in total. The molecule has 0 spiro atoms. The standard InChI is InChI=1S/C23H23Cl2N5O/c1-2-16-3-6-18(7-4-16)26-23(31)30-13-11-29(12-14-30)22-10-9-21(27-28-22)19-8-5-17(24)15-20(19)25/h3-10,15H,2,11-14H2,1H3,(H,26,31). The quantitative estimate of drug-likeness (QED) is 0.574. The molecule has 0 saturated carbocycles. The third kappa shape index (κ3) is 5.09. The molecule has 2 amide bonds. The van der Waals surface area contributed by atoms with Crippen LogP contribution in [0.3, 0.4) is 0 Å². The van der Waals surface area contributed by atoms with Gasteiger partial charge in [0, 0.05) is 42.5 Å². The van der Waals surface area contributed by atoms with Gasteiger partial charge in [-0.15, -0.1) is 10.2 Å². The van der Waals surface area contributed by atoms with Gasteiger partial charge in [-0.05, 0) is 54.4 Å². The Morgan fingerprint density at radius 1 is 0.968 bits per heavy atom. The Hall–Kier alpha value is -2.83. The van der Waals surface area contributed by atoms with Crippen molar-refractivity contribution in [2.45, 2.75) is 13.3 Å². The number of anilines is 2. The van der Waals surface area contributed by atoms with Crippen molar-refractivity contribution in [1.29, 1.82) is 0 Å². The van der Waals surface area contributed by atoms with Gasteiger partial charge in [-0.1, -0.05) is 42.3 Å². The van der Waals surface area contributed by atoms with E-state index in [2.05, 4.69) is 27.3 Å². The summed E-state index contributed by atoms with van der Waals surface area (Å²) >= 11 is 12.2. The zero-order valence-electron chi connectivity index (χ0n) is 17.2. The van der Waals surface area contributed by atoms with E-state index < -0.39 is 0 Å². The number of carbonyl (C=O) groups excluding carboxylic acids is 1. The molecule has 1 aromatic heterocycles. The fourth-order valence-corrected chi connectivity index (χ4v) is 4.00. The second kappa shape index (κ2) is 9.54. The molecule has 0 bridgehead atoms. The van der Waals surface area contributed by atoms with Gasteiger partial charge >= 0.3 is 6.03 Å². The highest BCUT2D eigenvalue weighted by molar-refractivity contribution is 6.36. The van der Waals surface area contributed by atoms with Gasteiger partial charge in [-0.25, -0.2) is 4.79 Å². The largest absolute Gasteiger partial charge is 0.352 e. The number of rotatable bonds is 4. The molecule has 1 saturated heterocycles. The molecular formula is C23H23Cl2N5O. The van der Waals surface area contributed by atoms with E-state index in [-0.39, 0.29) is 6.03 Å². The summed E-state index contributed by atoms with van der Waals surface area (Å²) in [6, 6.07) is 17.0. The first-order valence-electron chi connectivity index (χ1n) is 10.2. The second-order valence-corrected chi connectivity index (χ2v) is 8.20. The number of amides is 2. The van der Waals surface area contributed by atoms with Crippen LogP contribution in [0.4, 0.5) is 16.3 Å². The van der Waals surface area contributed by atoms with Crippen LogP contribution in [0, 0.1) is 0 Å². The van der Waals surface area contributed by atoms with Gasteiger partial charge < -0.3 is 15.1 Å². The van der Waals surface area contributed by atoms with Crippen molar-refractivity contribution in [3.8, 4) is 11.3 Å². The summed E-state index contributed by atoms with van der Waals surface area (Å²) in [6.07, 6.45) is 0.979. The SMILES string of the molecule is CCc1ccc(NC(=O)N2CCN(c3ccc(-c4ccc(Cl)cc4Cl)nn3)CC2)cc1. The molecule has 8 heteroatoms. The van der Waals surface area contributed by atoms with Gasteiger partial charge in [0.25, 0.3) is 0 Å². The van der Waals surface area contributed by atoms with E-state index in [1.807, 2.05) is 47.4 Å². The molecule has 1 aliphatic rings. The Bertz CT molecular complexity index is 1050. The third-order valence-electron chi connectivity index (χ3n) is 5.36. The molecular weight excluding hydrogens is 433 g/mol. The van der Waals surface area contributed by atoms with Crippen LogP contribution in [-0.2, 0) is 6.42 Å². The maximum Gasteiger partial charge on any atom is 0.321 e. The second-order valence-electron chi connectivity index (χ2n) is 7.36. The van der Waals surface area contributed by atoms with Gasteiger partial charge in [0.1, 0.15) is 0 Å². The first-order valence-corrected chi connectivity index (χ1v) is 11.0. The molecule has 2 heterocycles. The summed E-state index contributed by atoms with van der Waals surface area (Å²) in [6.45, 7) is 4.73. The zero-order valence-corrected chi connectivity index (χ0v) is 18.7. The molecule has 4 rings (SSSR count). The molecule has 0 unspecified atom stereocenters. The van der Waals surface area contributed by atoms with E-state index in [9.17, 15) is 4.79 Å². The fraction of sp³-hybridized carbons (Fsp3) is 0.261. The fourth-order valence-electron chi connectivity index (χ4n) is 3.50. The topological polar surface area (TPSA) is 61.4 Å². The van der Waals surface area contributed by atoms with Crippen molar-refractivity contribution in [3.63, 3.8) is 0 Å². The highest BCUT2D eigenvalue weighted by Crippen LogP contribution is 2.29. The molecule has 1 fully saturated rings. The van der Waals surface area contributed by atoms with Crippen LogP contribution in [0.5, 0.6) is 0 Å². The highest BCUT2D eigenvalue weighted by Gasteiger charge is 2.22. The molecule has 31 heavy (non-hydrogen) atoms. The van der Waals surface area contributed by atoms with E-state index in [1.54, 1.807) is 12.1 Å². The number of piperazine rings is 1. The molecule has 2 aromatic carbocycles. The Morgan fingerprint density at radius 3 is 2.32 bits per heavy atom. The number of nitrogens with zero attached hydrogens (tertiary/aromatic N) is 4. The Balaban J connectivity index is 1.34. The lowest BCUT2D eigenvalue weighted by molar-refractivity contribution is 0.208. The van der Waals surface area contributed by atoms with Crippen LogP contribution in [0.25, 0.3) is 11.3 Å². The smallest absolute Gasteiger partial charge is 0.321 e. The van der Waals surface area contributed by atoms with Gasteiger partial charge in [-0.3, -0.25) is 0 Å². The lowest BCUT2D eigenvalue weighted by Gasteiger charge is -2.35. The third-order valence-corrected chi connectivity index (χ3v) is 5.91. The Kier molecular flexibility index (Phi) is 6.59. The minimum absolute atomic E-state index is 0.0808. The average molecular weight is 456 g/mol. The van der Waals surface area contributed by atoms with E-state index in [0.717, 1.165) is 23.5 Å². The first-order chi connectivity index (χ1) is 15.0. The summed E-state index contributed by atoms with van der Waals surface area (Å²) in [5.74, 6) is 0.782. The molecule has 3 aromatic rings. The predicted molar refractivity (Wildman–Crippen MR) is 126 cm³/mol. The van der Waals surface area contributed by atoms with Crippen LogP contribution in [0.2, 0.25) is 10.0 Å². The van der Waals surface area contributed by atoms with Crippen molar-refractivity contribution >= 4 is 40.7 Å². The van der Waals surface area contributed by atoms with Crippen LogP contribution in [0.15, 0.2) is 54.6 Å². The van der Waals surface area contributed by atoms with Crippen LogP contribution < -0.4 is 10.2 Å². The monoisotopic (exact) mass is 455 g/mol. The van der Waals surface area contributed by atoms with Crippen LogP contribution in [-0.4, -0.2) is 47.3 Å². The zero-order chi connectivity index (χ0) is 21.8. The minimum atomic E-state index is -0.0808. The highest BCUT2D eigenvalue weighted by atomic mass is 35.5. The maximum atomic E-state index is 12.6. The number of benzene rings is 2. The lowest BCUT2D eigenvalue weighted by Crippen LogP contribution is -2.50. The lowest BCUT2D eigenvalue weighted by atomic mass is 10.1. The van der Waals surface area contributed by atoms with Crippen LogP contribution >= 0.6 is 23.2 Å². The van der Waals surface area contributed by atoms with Crippen molar-refractivity contribution < 1.29 is 4.79 Å². The Morgan fingerprint density at radius 2 is 1.71 bits per heavy atom. The summed E-state index contributed by atoms with van der Waals surface area (Å²) in [5, 5.41) is 12.8. The summed E-state index contributed by atoms with van der Waals surface area (Å²) in [5.41, 5.74) is 3.54. The van der Waals surface area contributed by atoms with Crippen molar-refractivity contribution in [2.24, 2.45) is 0 Å². The van der Waals surface area contributed by atoms with E-state index in [4.69, 9.17) is 23.2 Å². The van der Waals surface area contributed by atoms with Crippen molar-refractivity contribution in [1.82, 2.24) is 15.1 Å². The molecule has 0 radical (unpaired) electrons. The number of nitrogens with one attached hydrogen (secondary N) is 1. The van der Waals surface area contributed by atoms with Gasteiger partial charge in [0.2, 0.25) is 0 Å². The number of aromatic nitrogens is 2. The van der Waals surface area contributed by atoms with Crippen molar-refractivity contribution in [2.75, 3.05) is 36.4 Å². The predicted octanol–water partition coefficient (Wildman–Crippen LogP) is 5.37. The molecule has 1 aliphatic heterocycles. The molecule has 6 nitrogen and oxygen atoms in total.